The van der Waals surface area contributed by atoms with Crippen LogP contribution in [0.3, 0.4) is 0 Å². The summed E-state index contributed by atoms with van der Waals surface area (Å²) >= 11 is 9.56. The molecule has 0 amide bonds. The Labute approximate surface area is 185 Å². The summed E-state index contributed by atoms with van der Waals surface area (Å²) in [5.74, 6) is 0.118. The molecule has 0 saturated carbocycles. The maximum absolute atomic E-state index is 12.5. The van der Waals surface area contributed by atoms with Crippen LogP contribution >= 0.6 is 27.5 Å². The van der Waals surface area contributed by atoms with E-state index in [-0.39, 0.29) is 36.6 Å². The van der Waals surface area contributed by atoms with Crippen LogP contribution in [0.5, 0.6) is 5.75 Å². The van der Waals surface area contributed by atoms with Gasteiger partial charge in [0.1, 0.15) is 30.8 Å². The van der Waals surface area contributed by atoms with E-state index in [0.717, 1.165) is 4.47 Å². The standard InChI is InChI=1S/C21H18BrClO7/c1-27-20(26)11-28-9-13(24)10-29-18-7-12(22)5-6-15(18)19-8-17(25)14-3-2-4-16(23)21(14)30-19/h2-8,13,24H,9-11H2,1H3. The molecule has 0 aliphatic heterocycles. The van der Waals surface area contributed by atoms with E-state index in [2.05, 4.69) is 20.7 Å². The van der Waals surface area contributed by atoms with E-state index in [0.29, 0.717) is 21.7 Å². The largest absolute Gasteiger partial charge is 0.490 e. The van der Waals surface area contributed by atoms with Crippen molar-refractivity contribution in [2.24, 2.45) is 0 Å². The number of esters is 1. The molecule has 3 rings (SSSR count). The maximum atomic E-state index is 12.5. The highest BCUT2D eigenvalue weighted by Gasteiger charge is 2.16. The van der Waals surface area contributed by atoms with Gasteiger partial charge in [-0.2, -0.15) is 0 Å². The van der Waals surface area contributed by atoms with E-state index in [1.807, 2.05) is 0 Å². The van der Waals surface area contributed by atoms with Crippen molar-refractivity contribution in [2.75, 3.05) is 26.9 Å². The third-order valence-corrected chi connectivity index (χ3v) is 4.90. The first-order valence-electron chi connectivity index (χ1n) is 8.86. The first-order chi connectivity index (χ1) is 14.4. The van der Waals surface area contributed by atoms with Gasteiger partial charge in [0.05, 0.1) is 29.7 Å². The van der Waals surface area contributed by atoms with Crippen LogP contribution in [0.15, 0.2) is 56.1 Å². The number of para-hydroxylation sites is 1. The molecular weight excluding hydrogens is 480 g/mol. The highest BCUT2D eigenvalue weighted by atomic mass is 79.9. The predicted molar refractivity (Wildman–Crippen MR) is 115 cm³/mol. The van der Waals surface area contributed by atoms with Crippen molar-refractivity contribution in [2.45, 2.75) is 6.10 Å². The highest BCUT2D eigenvalue weighted by Crippen LogP contribution is 2.34. The van der Waals surface area contributed by atoms with Crippen molar-refractivity contribution in [3.05, 3.63) is 62.2 Å². The Bertz CT molecular complexity index is 1110. The Balaban J connectivity index is 1.82. The van der Waals surface area contributed by atoms with Gasteiger partial charge >= 0.3 is 5.97 Å². The Morgan fingerprint density at radius 2 is 2.03 bits per heavy atom. The maximum Gasteiger partial charge on any atom is 0.331 e. The summed E-state index contributed by atoms with van der Waals surface area (Å²) < 4.78 is 21.9. The highest BCUT2D eigenvalue weighted by molar-refractivity contribution is 9.10. The van der Waals surface area contributed by atoms with Gasteiger partial charge < -0.3 is 23.7 Å². The zero-order chi connectivity index (χ0) is 21.7. The minimum absolute atomic E-state index is 0.108. The first-order valence-corrected chi connectivity index (χ1v) is 10.0. The second-order valence-electron chi connectivity index (χ2n) is 6.29. The van der Waals surface area contributed by atoms with E-state index < -0.39 is 12.1 Å². The van der Waals surface area contributed by atoms with Crippen molar-refractivity contribution >= 4 is 44.5 Å². The number of rotatable bonds is 8. The van der Waals surface area contributed by atoms with Crippen molar-refractivity contribution in [3.63, 3.8) is 0 Å². The predicted octanol–water partition coefficient (Wildman–Crippen LogP) is 3.81. The lowest BCUT2D eigenvalue weighted by Crippen LogP contribution is -2.25. The van der Waals surface area contributed by atoms with Crippen LogP contribution in [0.1, 0.15) is 0 Å². The van der Waals surface area contributed by atoms with Gasteiger partial charge in [-0.05, 0) is 30.3 Å². The van der Waals surface area contributed by atoms with E-state index in [1.165, 1.54) is 13.2 Å². The second-order valence-corrected chi connectivity index (χ2v) is 7.61. The number of benzene rings is 2. The molecule has 0 spiro atoms. The third kappa shape index (κ3) is 5.40. The molecule has 0 radical (unpaired) electrons. The molecule has 0 bridgehead atoms. The quantitative estimate of drug-likeness (QED) is 0.473. The fraction of sp³-hybridized carbons (Fsp3) is 0.238. The minimum atomic E-state index is -0.987. The lowest BCUT2D eigenvalue weighted by molar-refractivity contribution is -0.147. The van der Waals surface area contributed by atoms with Crippen molar-refractivity contribution in [3.8, 4) is 17.1 Å². The average molecular weight is 498 g/mol. The third-order valence-electron chi connectivity index (χ3n) is 4.10. The molecule has 0 aliphatic rings. The van der Waals surface area contributed by atoms with Gasteiger partial charge in [0, 0.05) is 10.5 Å². The number of hydrogen-bond donors (Lipinski definition) is 1. The van der Waals surface area contributed by atoms with Crippen LogP contribution in [0.2, 0.25) is 5.02 Å². The zero-order valence-corrected chi connectivity index (χ0v) is 18.2. The number of hydrogen-bond acceptors (Lipinski definition) is 7. The number of aliphatic hydroxyl groups excluding tert-OH is 1. The normalized spacial score (nSPS) is 12.0. The summed E-state index contributed by atoms with van der Waals surface area (Å²) in [5, 5.41) is 10.7. The van der Waals surface area contributed by atoms with Crippen LogP contribution in [-0.2, 0) is 14.3 Å². The van der Waals surface area contributed by atoms with Crippen LogP contribution in [0, 0.1) is 0 Å². The van der Waals surface area contributed by atoms with Crippen molar-refractivity contribution in [1.29, 1.82) is 0 Å². The average Bonchev–Trinajstić information content (AvgIpc) is 2.73. The Morgan fingerprint density at radius 3 is 2.80 bits per heavy atom. The fourth-order valence-corrected chi connectivity index (χ4v) is 3.22. The molecule has 3 aromatic rings. The molecule has 1 unspecified atom stereocenters. The number of carbonyl (C=O) groups excluding carboxylic acids is 1. The van der Waals surface area contributed by atoms with Gasteiger partial charge in [-0.1, -0.05) is 33.6 Å². The number of methoxy groups -OCH3 is 1. The molecule has 0 aliphatic carbocycles. The summed E-state index contributed by atoms with van der Waals surface area (Å²) in [6.45, 7) is -0.485. The Morgan fingerprint density at radius 1 is 1.23 bits per heavy atom. The number of ether oxygens (including phenoxy) is 3. The molecule has 0 saturated heterocycles. The van der Waals surface area contributed by atoms with Crippen LogP contribution in [0.4, 0.5) is 0 Å². The summed E-state index contributed by atoms with van der Waals surface area (Å²) in [4.78, 5) is 23.6. The van der Waals surface area contributed by atoms with Gasteiger partial charge in [0.15, 0.2) is 11.0 Å². The molecule has 158 valence electrons. The van der Waals surface area contributed by atoms with Gasteiger partial charge in [-0.15, -0.1) is 0 Å². The van der Waals surface area contributed by atoms with Crippen molar-refractivity contribution in [1.82, 2.24) is 0 Å². The molecule has 7 nitrogen and oxygen atoms in total. The lowest BCUT2D eigenvalue weighted by atomic mass is 10.1. The molecule has 30 heavy (non-hydrogen) atoms. The molecule has 1 atom stereocenters. The number of fused-ring (bicyclic) bond motifs is 1. The van der Waals surface area contributed by atoms with Gasteiger partial charge in [0.25, 0.3) is 0 Å². The fourth-order valence-electron chi connectivity index (χ4n) is 2.67. The number of aliphatic hydroxyl groups is 1. The second kappa shape index (κ2) is 10.1. The molecule has 0 fully saturated rings. The smallest absolute Gasteiger partial charge is 0.331 e. The zero-order valence-electron chi connectivity index (χ0n) is 15.9. The SMILES string of the molecule is COC(=O)COCC(O)COc1cc(Br)ccc1-c1cc(=O)c2cccc(Cl)c2o1. The number of carbonyl (C=O) groups is 1. The van der Waals surface area contributed by atoms with E-state index in [4.69, 9.17) is 25.5 Å². The summed E-state index contributed by atoms with van der Waals surface area (Å²) in [6.07, 6.45) is -0.987. The molecular formula is C21H18BrClO7. The number of halogens is 2. The van der Waals surface area contributed by atoms with E-state index in [1.54, 1.807) is 36.4 Å². The molecule has 9 heteroatoms. The topological polar surface area (TPSA) is 95.2 Å². The van der Waals surface area contributed by atoms with Crippen molar-refractivity contribution < 1.29 is 28.5 Å². The molecule has 1 N–H and O–H groups in total. The monoisotopic (exact) mass is 496 g/mol. The van der Waals surface area contributed by atoms with Gasteiger partial charge in [0.2, 0.25) is 0 Å². The lowest BCUT2D eigenvalue weighted by Gasteiger charge is -2.15. The van der Waals surface area contributed by atoms with Gasteiger partial charge in [-0.25, -0.2) is 4.79 Å². The minimum Gasteiger partial charge on any atom is -0.490 e. The summed E-state index contributed by atoms with van der Waals surface area (Å²) in [7, 11) is 1.25. The summed E-state index contributed by atoms with van der Waals surface area (Å²) in [6, 6.07) is 11.5. The molecule has 1 aromatic heterocycles. The Kier molecular flexibility index (Phi) is 7.49. The molecule has 1 heterocycles. The Hall–Kier alpha value is -2.39. The van der Waals surface area contributed by atoms with Crippen LogP contribution < -0.4 is 10.2 Å². The van der Waals surface area contributed by atoms with E-state index >= 15 is 0 Å². The van der Waals surface area contributed by atoms with Gasteiger partial charge in [-0.3, -0.25) is 4.79 Å². The van der Waals surface area contributed by atoms with Crippen LogP contribution in [-0.4, -0.2) is 44.1 Å². The molecule has 2 aromatic carbocycles. The van der Waals surface area contributed by atoms with Crippen LogP contribution in [0.25, 0.3) is 22.3 Å². The van der Waals surface area contributed by atoms with E-state index in [9.17, 15) is 14.7 Å². The first kappa shape index (κ1) is 22.3. The summed E-state index contributed by atoms with van der Waals surface area (Å²) in [5.41, 5.74) is 0.561.